The van der Waals surface area contributed by atoms with E-state index in [-0.39, 0.29) is 10.0 Å². The molecule has 4 aromatic rings. The van der Waals surface area contributed by atoms with Crippen molar-refractivity contribution in [3.8, 4) is 40.0 Å². The first-order valence-electron chi connectivity index (χ1n) is 11.4. The highest BCUT2D eigenvalue weighted by Gasteiger charge is 2.22. The van der Waals surface area contributed by atoms with Crippen LogP contribution in [0.3, 0.4) is 0 Å². The molecule has 200 valence electrons. The number of hydrogen-bond donors (Lipinski definition) is 2. The van der Waals surface area contributed by atoms with Crippen LogP contribution in [0.25, 0.3) is 33.4 Å². The molecule has 0 fully saturated rings. The summed E-state index contributed by atoms with van der Waals surface area (Å²) in [4.78, 5) is 9.39. The molecule has 0 saturated carbocycles. The zero-order valence-corrected chi connectivity index (χ0v) is 22.8. The van der Waals surface area contributed by atoms with E-state index in [2.05, 4.69) is 22.0 Å². The van der Waals surface area contributed by atoms with Gasteiger partial charge in [0.05, 0.1) is 67.8 Å². The van der Waals surface area contributed by atoms with Gasteiger partial charge in [-0.15, -0.1) is 0 Å². The standard InChI is InChI=1S/C26H27Cl2N5O5/c1-6-21(34)31-18-13-30-33(7-8-35-2)25(18)17-10-15-14(12-29-17)9-16(32-26(15)38-5)22-23(27)19(36-3)11-20(37-4)24(22)28/h6,9-13,21,31,34H,1,7-8H2,2-5H3. The van der Waals surface area contributed by atoms with Crippen LogP contribution in [-0.2, 0) is 11.3 Å². The number of ether oxygens (including phenoxy) is 4. The Balaban J connectivity index is 1.89. The van der Waals surface area contributed by atoms with Gasteiger partial charge < -0.3 is 29.4 Å². The second kappa shape index (κ2) is 11.9. The number of fused-ring (bicyclic) bond motifs is 1. The fourth-order valence-corrected chi connectivity index (χ4v) is 4.66. The predicted octanol–water partition coefficient (Wildman–Crippen LogP) is 5.06. The number of aliphatic hydroxyl groups is 1. The fraction of sp³-hybridized carbons (Fsp3) is 0.269. The van der Waals surface area contributed by atoms with E-state index < -0.39 is 6.23 Å². The molecule has 0 radical (unpaired) electrons. The summed E-state index contributed by atoms with van der Waals surface area (Å²) in [6, 6.07) is 5.26. The molecule has 0 aliphatic carbocycles. The third-order valence-electron chi connectivity index (χ3n) is 5.82. The average Bonchev–Trinajstić information content (AvgIpc) is 3.33. The molecule has 1 unspecified atom stereocenters. The van der Waals surface area contributed by atoms with Crippen LogP contribution in [-0.4, -0.2) is 66.1 Å². The van der Waals surface area contributed by atoms with Gasteiger partial charge >= 0.3 is 0 Å². The molecular formula is C26H27Cl2N5O5. The molecule has 0 bridgehead atoms. The van der Waals surface area contributed by atoms with Gasteiger partial charge in [0, 0.05) is 35.7 Å². The Kier molecular flexibility index (Phi) is 8.58. The summed E-state index contributed by atoms with van der Waals surface area (Å²) < 4.78 is 23.4. The third-order valence-corrected chi connectivity index (χ3v) is 6.57. The summed E-state index contributed by atoms with van der Waals surface area (Å²) in [7, 11) is 6.15. The minimum Gasteiger partial charge on any atom is -0.495 e. The quantitative estimate of drug-likeness (QED) is 0.192. The van der Waals surface area contributed by atoms with Crippen molar-refractivity contribution in [1.29, 1.82) is 0 Å². The molecule has 0 aliphatic rings. The molecule has 2 N–H and O–H groups in total. The van der Waals surface area contributed by atoms with E-state index in [4.69, 9.17) is 47.1 Å². The predicted molar refractivity (Wildman–Crippen MR) is 148 cm³/mol. The van der Waals surface area contributed by atoms with Crippen molar-refractivity contribution in [1.82, 2.24) is 19.7 Å². The van der Waals surface area contributed by atoms with Gasteiger partial charge in [-0.05, 0) is 18.2 Å². The van der Waals surface area contributed by atoms with Gasteiger partial charge in [0.15, 0.2) is 0 Å². The van der Waals surface area contributed by atoms with Gasteiger partial charge in [0.1, 0.15) is 23.4 Å². The van der Waals surface area contributed by atoms with Gasteiger partial charge in [-0.2, -0.15) is 5.10 Å². The van der Waals surface area contributed by atoms with Crippen LogP contribution in [0.15, 0.2) is 43.2 Å². The smallest absolute Gasteiger partial charge is 0.221 e. The number of hydrogen-bond acceptors (Lipinski definition) is 9. The molecule has 0 saturated heterocycles. The van der Waals surface area contributed by atoms with Crippen LogP contribution in [0.2, 0.25) is 10.0 Å². The first kappa shape index (κ1) is 27.5. The molecule has 1 aromatic carbocycles. The second-order valence-corrected chi connectivity index (χ2v) is 8.80. The number of anilines is 1. The molecule has 3 aromatic heterocycles. The molecule has 38 heavy (non-hydrogen) atoms. The summed E-state index contributed by atoms with van der Waals surface area (Å²) in [6.07, 6.45) is 3.71. The van der Waals surface area contributed by atoms with Crippen molar-refractivity contribution in [2.45, 2.75) is 12.8 Å². The minimum atomic E-state index is -0.970. The normalized spacial score (nSPS) is 11.9. The summed E-state index contributed by atoms with van der Waals surface area (Å²) >= 11 is 13.3. The van der Waals surface area contributed by atoms with Gasteiger partial charge in [-0.25, -0.2) is 4.98 Å². The molecule has 0 amide bonds. The maximum Gasteiger partial charge on any atom is 0.221 e. The van der Waals surface area contributed by atoms with Crippen molar-refractivity contribution in [2.75, 3.05) is 40.4 Å². The van der Waals surface area contributed by atoms with Gasteiger partial charge in [-0.3, -0.25) is 9.67 Å². The van der Waals surface area contributed by atoms with Crippen LogP contribution < -0.4 is 19.5 Å². The number of halogens is 2. The lowest BCUT2D eigenvalue weighted by atomic mass is 10.1. The Morgan fingerprint density at radius 3 is 2.34 bits per heavy atom. The highest BCUT2D eigenvalue weighted by atomic mass is 35.5. The lowest BCUT2D eigenvalue weighted by molar-refractivity contribution is 0.184. The number of rotatable bonds is 11. The van der Waals surface area contributed by atoms with Crippen molar-refractivity contribution < 1.29 is 24.1 Å². The molecule has 10 nitrogen and oxygen atoms in total. The van der Waals surface area contributed by atoms with Crippen LogP contribution >= 0.6 is 23.2 Å². The van der Waals surface area contributed by atoms with E-state index in [9.17, 15) is 5.11 Å². The van der Waals surface area contributed by atoms with Crippen LogP contribution in [0.5, 0.6) is 17.4 Å². The summed E-state index contributed by atoms with van der Waals surface area (Å²) in [5, 5.41) is 19.5. The average molecular weight is 560 g/mol. The lowest BCUT2D eigenvalue weighted by Gasteiger charge is -2.16. The zero-order chi connectivity index (χ0) is 27.4. The zero-order valence-electron chi connectivity index (χ0n) is 21.3. The van der Waals surface area contributed by atoms with Gasteiger partial charge in [0.2, 0.25) is 5.88 Å². The number of methoxy groups -OCH3 is 4. The fourth-order valence-electron chi connectivity index (χ4n) is 3.97. The van der Waals surface area contributed by atoms with Crippen LogP contribution in [0.1, 0.15) is 0 Å². The van der Waals surface area contributed by atoms with Crippen molar-refractivity contribution in [2.24, 2.45) is 0 Å². The van der Waals surface area contributed by atoms with Gasteiger partial charge in [0.25, 0.3) is 0 Å². The highest BCUT2D eigenvalue weighted by Crippen LogP contribution is 2.46. The van der Waals surface area contributed by atoms with Crippen LogP contribution in [0, 0.1) is 0 Å². The van der Waals surface area contributed by atoms with Crippen molar-refractivity contribution in [3.05, 3.63) is 53.3 Å². The van der Waals surface area contributed by atoms with E-state index in [0.717, 1.165) is 5.39 Å². The number of nitrogens with one attached hydrogen (secondary N) is 1. The maximum absolute atomic E-state index is 10.1. The Labute approximate surface area is 229 Å². The summed E-state index contributed by atoms with van der Waals surface area (Å²) in [5.41, 5.74) is 2.71. The molecule has 0 aliphatic heterocycles. The molecule has 0 spiro atoms. The van der Waals surface area contributed by atoms with Crippen LogP contribution in [0.4, 0.5) is 5.69 Å². The lowest BCUT2D eigenvalue weighted by Crippen LogP contribution is -2.16. The topological polar surface area (TPSA) is 113 Å². The molecule has 12 heteroatoms. The molecule has 4 rings (SSSR count). The second-order valence-electron chi connectivity index (χ2n) is 8.04. The number of benzene rings is 1. The highest BCUT2D eigenvalue weighted by molar-refractivity contribution is 6.41. The first-order valence-corrected chi connectivity index (χ1v) is 12.2. The first-order chi connectivity index (χ1) is 18.4. The molecule has 3 heterocycles. The SMILES string of the molecule is C=CC(O)Nc1cnn(CCOC)c1-c1cc2c(OC)nc(-c3c(Cl)c(OC)cc(OC)c3Cl)cc2cn1. The third kappa shape index (κ3) is 5.21. The number of pyridine rings is 2. The van der Waals surface area contributed by atoms with E-state index in [1.54, 1.807) is 30.3 Å². The Morgan fingerprint density at radius 2 is 1.74 bits per heavy atom. The van der Waals surface area contributed by atoms with Crippen molar-refractivity contribution in [3.63, 3.8) is 0 Å². The number of aliphatic hydroxyl groups excluding tert-OH is 1. The number of aromatic nitrogens is 4. The monoisotopic (exact) mass is 559 g/mol. The largest absolute Gasteiger partial charge is 0.495 e. The van der Waals surface area contributed by atoms with E-state index in [0.29, 0.717) is 64.2 Å². The van der Waals surface area contributed by atoms with E-state index in [1.807, 2.05) is 12.1 Å². The Bertz CT molecular complexity index is 1450. The maximum atomic E-state index is 10.1. The van der Waals surface area contributed by atoms with E-state index in [1.165, 1.54) is 27.4 Å². The Hall–Kier alpha value is -3.57. The number of nitrogens with zero attached hydrogens (tertiary/aromatic N) is 4. The molecule has 1 atom stereocenters. The van der Waals surface area contributed by atoms with Crippen molar-refractivity contribution >= 4 is 39.7 Å². The van der Waals surface area contributed by atoms with Gasteiger partial charge in [-0.1, -0.05) is 29.8 Å². The van der Waals surface area contributed by atoms with E-state index >= 15 is 0 Å². The summed E-state index contributed by atoms with van der Waals surface area (Å²) in [5.74, 6) is 1.12. The minimum absolute atomic E-state index is 0.287. The molecular weight excluding hydrogens is 533 g/mol. The summed E-state index contributed by atoms with van der Waals surface area (Å²) in [6.45, 7) is 4.52. The Morgan fingerprint density at radius 1 is 1.03 bits per heavy atom.